The second kappa shape index (κ2) is 8.71. The lowest BCUT2D eigenvalue weighted by atomic mass is 10.1. The molecule has 0 unspecified atom stereocenters. The number of nitrogens with zero attached hydrogens (tertiary/aromatic N) is 3. The molecule has 1 aromatic carbocycles. The Bertz CT molecular complexity index is 1210. The van der Waals surface area contributed by atoms with Crippen molar-refractivity contribution in [1.29, 1.82) is 5.26 Å². The van der Waals surface area contributed by atoms with Crippen molar-refractivity contribution in [2.75, 3.05) is 6.54 Å². The van der Waals surface area contributed by atoms with E-state index in [1.807, 2.05) is 19.1 Å². The van der Waals surface area contributed by atoms with Crippen LogP contribution in [-0.2, 0) is 4.79 Å². The van der Waals surface area contributed by atoms with Gasteiger partial charge in [-0.25, -0.2) is 0 Å². The van der Waals surface area contributed by atoms with Crippen LogP contribution in [0.1, 0.15) is 18.1 Å². The number of likely N-dealkylation sites (N-methyl/N-ethyl adjacent to an activating group) is 1. The Hall–Kier alpha value is -3.44. The first kappa shape index (κ1) is 20.3. The summed E-state index contributed by atoms with van der Waals surface area (Å²) in [5, 5.41) is 11.9. The molecule has 0 bridgehead atoms. The molecule has 0 saturated carbocycles. The quantitative estimate of drug-likeness (QED) is 0.471. The van der Waals surface area contributed by atoms with Gasteiger partial charge in [0.25, 0.3) is 11.5 Å². The standard InChI is InChI=1S/C21H17BrN4O3/c1-3-24-19(27)14(12-23)11-17-20(29-16-8-6-15(22)7-9-16)25-18-13(2)5-4-10-26(18)21(17)28/h4-11H,3H2,1-2H3,(H,24,27). The van der Waals surface area contributed by atoms with Gasteiger partial charge in [-0.15, -0.1) is 0 Å². The molecule has 0 aliphatic rings. The number of carbonyl (C=O) groups excluding carboxylic acids is 1. The Balaban J connectivity index is 2.24. The van der Waals surface area contributed by atoms with Crippen LogP contribution in [0.5, 0.6) is 11.6 Å². The monoisotopic (exact) mass is 452 g/mol. The summed E-state index contributed by atoms with van der Waals surface area (Å²) in [4.78, 5) is 29.8. The van der Waals surface area contributed by atoms with Crippen LogP contribution in [-0.4, -0.2) is 21.8 Å². The summed E-state index contributed by atoms with van der Waals surface area (Å²) in [5.41, 5.74) is 0.573. The summed E-state index contributed by atoms with van der Waals surface area (Å²) in [6.45, 7) is 3.93. The van der Waals surface area contributed by atoms with E-state index in [1.165, 1.54) is 10.5 Å². The first-order chi connectivity index (χ1) is 13.9. The molecule has 3 aromatic rings. The number of pyridine rings is 1. The molecule has 29 heavy (non-hydrogen) atoms. The second-order valence-electron chi connectivity index (χ2n) is 6.11. The van der Waals surface area contributed by atoms with Gasteiger partial charge in [-0.05, 0) is 55.8 Å². The molecule has 0 radical (unpaired) electrons. The van der Waals surface area contributed by atoms with Crippen LogP contribution in [0.3, 0.4) is 0 Å². The van der Waals surface area contributed by atoms with Gasteiger partial charge < -0.3 is 10.1 Å². The van der Waals surface area contributed by atoms with E-state index in [9.17, 15) is 14.9 Å². The van der Waals surface area contributed by atoms with Gasteiger partial charge in [-0.3, -0.25) is 14.0 Å². The molecule has 2 heterocycles. The summed E-state index contributed by atoms with van der Waals surface area (Å²) in [5.74, 6) is -0.0915. The van der Waals surface area contributed by atoms with Crippen molar-refractivity contribution in [2.45, 2.75) is 13.8 Å². The third kappa shape index (κ3) is 4.36. The summed E-state index contributed by atoms with van der Waals surface area (Å²) < 4.78 is 8.10. The number of aromatic nitrogens is 2. The van der Waals surface area contributed by atoms with E-state index in [1.54, 1.807) is 43.5 Å². The van der Waals surface area contributed by atoms with Crippen molar-refractivity contribution in [3.05, 3.63) is 74.1 Å². The molecule has 0 aliphatic heterocycles. The van der Waals surface area contributed by atoms with Crippen LogP contribution in [0.25, 0.3) is 11.7 Å². The van der Waals surface area contributed by atoms with Crippen molar-refractivity contribution < 1.29 is 9.53 Å². The van der Waals surface area contributed by atoms with Gasteiger partial charge in [0, 0.05) is 17.2 Å². The van der Waals surface area contributed by atoms with Gasteiger partial charge in [-0.1, -0.05) is 22.0 Å². The zero-order valence-electron chi connectivity index (χ0n) is 15.8. The zero-order valence-corrected chi connectivity index (χ0v) is 17.4. The van der Waals surface area contributed by atoms with Gasteiger partial charge in [0.1, 0.15) is 28.6 Å². The highest BCUT2D eigenvalue weighted by Gasteiger charge is 2.17. The third-order valence-corrected chi connectivity index (χ3v) is 4.60. The van der Waals surface area contributed by atoms with Gasteiger partial charge in [0.15, 0.2) is 0 Å². The van der Waals surface area contributed by atoms with E-state index < -0.39 is 11.5 Å². The first-order valence-electron chi connectivity index (χ1n) is 8.80. The number of ether oxygens (including phenoxy) is 1. The fraction of sp³-hybridized carbons (Fsp3) is 0.143. The Morgan fingerprint density at radius 1 is 1.34 bits per heavy atom. The first-order valence-corrected chi connectivity index (χ1v) is 9.59. The molecule has 0 atom stereocenters. The predicted octanol–water partition coefficient (Wildman–Crippen LogP) is 3.60. The highest BCUT2D eigenvalue weighted by atomic mass is 79.9. The minimum atomic E-state index is -0.571. The fourth-order valence-corrected chi connectivity index (χ4v) is 2.92. The summed E-state index contributed by atoms with van der Waals surface area (Å²) >= 11 is 3.36. The maximum Gasteiger partial charge on any atom is 0.269 e. The smallest absolute Gasteiger partial charge is 0.269 e. The minimum absolute atomic E-state index is 0.0128. The molecule has 1 amide bonds. The number of carbonyl (C=O) groups is 1. The van der Waals surface area contributed by atoms with Gasteiger partial charge in [0.05, 0.1) is 0 Å². The normalized spacial score (nSPS) is 11.2. The topological polar surface area (TPSA) is 96.5 Å². The van der Waals surface area contributed by atoms with Crippen molar-refractivity contribution in [3.63, 3.8) is 0 Å². The molecule has 0 spiro atoms. The van der Waals surface area contributed by atoms with E-state index in [4.69, 9.17) is 4.74 Å². The highest BCUT2D eigenvalue weighted by molar-refractivity contribution is 9.10. The molecular weight excluding hydrogens is 436 g/mol. The molecule has 3 rings (SSSR count). The number of hydrogen-bond acceptors (Lipinski definition) is 5. The molecule has 7 nitrogen and oxygen atoms in total. The molecule has 146 valence electrons. The summed E-state index contributed by atoms with van der Waals surface area (Å²) in [7, 11) is 0. The van der Waals surface area contributed by atoms with Crippen LogP contribution in [0.4, 0.5) is 0 Å². The lowest BCUT2D eigenvalue weighted by Crippen LogP contribution is -2.25. The average Bonchev–Trinajstić information content (AvgIpc) is 2.70. The molecule has 2 aromatic heterocycles. The van der Waals surface area contributed by atoms with E-state index in [0.717, 1.165) is 10.0 Å². The fourth-order valence-electron chi connectivity index (χ4n) is 2.66. The van der Waals surface area contributed by atoms with E-state index in [0.29, 0.717) is 17.9 Å². The molecule has 1 N–H and O–H groups in total. The number of amides is 1. The van der Waals surface area contributed by atoms with Crippen molar-refractivity contribution in [1.82, 2.24) is 14.7 Å². The van der Waals surface area contributed by atoms with Crippen molar-refractivity contribution in [2.24, 2.45) is 0 Å². The number of halogens is 1. The third-order valence-electron chi connectivity index (χ3n) is 4.07. The van der Waals surface area contributed by atoms with E-state index in [-0.39, 0.29) is 17.0 Å². The Morgan fingerprint density at radius 3 is 2.72 bits per heavy atom. The van der Waals surface area contributed by atoms with Gasteiger partial charge >= 0.3 is 0 Å². The lowest BCUT2D eigenvalue weighted by molar-refractivity contribution is -0.116. The predicted molar refractivity (Wildman–Crippen MR) is 113 cm³/mol. The van der Waals surface area contributed by atoms with Crippen LogP contribution >= 0.6 is 15.9 Å². The van der Waals surface area contributed by atoms with E-state index >= 15 is 0 Å². The number of hydrogen-bond donors (Lipinski definition) is 1. The Labute approximate surface area is 175 Å². The Morgan fingerprint density at radius 2 is 2.07 bits per heavy atom. The van der Waals surface area contributed by atoms with Gasteiger partial charge in [0.2, 0.25) is 5.88 Å². The number of benzene rings is 1. The largest absolute Gasteiger partial charge is 0.438 e. The highest BCUT2D eigenvalue weighted by Crippen LogP contribution is 2.26. The molecule has 0 aliphatic carbocycles. The van der Waals surface area contributed by atoms with Crippen molar-refractivity contribution in [3.8, 4) is 17.7 Å². The molecule has 0 fully saturated rings. The van der Waals surface area contributed by atoms with Crippen LogP contribution in [0, 0.1) is 18.3 Å². The maximum atomic E-state index is 13.1. The number of rotatable bonds is 5. The maximum absolute atomic E-state index is 13.1. The number of fused-ring (bicyclic) bond motifs is 1. The zero-order chi connectivity index (χ0) is 21.0. The minimum Gasteiger partial charge on any atom is -0.438 e. The molecule has 0 saturated heterocycles. The molecular formula is C21H17BrN4O3. The van der Waals surface area contributed by atoms with Crippen LogP contribution in [0.2, 0.25) is 0 Å². The van der Waals surface area contributed by atoms with E-state index in [2.05, 4.69) is 26.2 Å². The number of aryl methyl sites for hydroxylation is 1. The van der Waals surface area contributed by atoms with Crippen LogP contribution in [0.15, 0.2) is 57.4 Å². The number of nitriles is 1. The average molecular weight is 453 g/mol. The van der Waals surface area contributed by atoms with Gasteiger partial charge in [-0.2, -0.15) is 10.2 Å². The second-order valence-corrected chi connectivity index (χ2v) is 7.02. The number of nitrogens with one attached hydrogen (secondary N) is 1. The molecule has 8 heteroatoms. The Kier molecular flexibility index (Phi) is 6.10. The SMILES string of the molecule is CCNC(=O)C(C#N)=Cc1c(Oc2ccc(Br)cc2)nc2c(C)cccn2c1=O. The van der Waals surface area contributed by atoms with Crippen LogP contribution < -0.4 is 15.6 Å². The summed E-state index contributed by atoms with van der Waals surface area (Å²) in [6.07, 6.45) is 2.79. The van der Waals surface area contributed by atoms with Crippen molar-refractivity contribution >= 4 is 33.6 Å². The summed E-state index contributed by atoms with van der Waals surface area (Å²) in [6, 6.07) is 12.4. The lowest BCUT2D eigenvalue weighted by Gasteiger charge is -2.11.